The van der Waals surface area contributed by atoms with Gasteiger partial charge in [0.15, 0.2) is 0 Å². The van der Waals surface area contributed by atoms with Gasteiger partial charge in [-0.3, -0.25) is 0 Å². The molecule has 1 atom stereocenters. The van der Waals surface area contributed by atoms with Crippen LogP contribution in [0.2, 0.25) is 0 Å². The topological polar surface area (TPSA) is 61.8 Å². The van der Waals surface area contributed by atoms with Gasteiger partial charge in [-0.25, -0.2) is 9.59 Å². The zero-order valence-electron chi connectivity index (χ0n) is 18.3. The molecule has 32 heavy (non-hydrogen) atoms. The van der Waals surface area contributed by atoms with Crippen LogP contribution in [0.4, 0.5) is 0 Å². The Hall–Kier alpha value is -3.44. The van der Waals surface area contributed by atoms with Gasteiger partial charge in [0.25, 0.3) is 0 Å². The summed E-state index contributed by atoms with van der Waals surface area (Å²) < 4.78 is 17.1. The quantitative estimate of drug-likeness (QED) is 0.282. The highest BCUT2D eigenvalue weighted by Crippen LogP contribution is 2.38. The average Bonchev–Trinajstić information content (AvgIpc) is 2.83. The highest BCUT2D eigenvalue weighted by atomic mass is 16.6. The second kappa shape index (κ2) is 11.3. The largest absolute Gasteiger partial charge is 0.460 e. The van der Waals surface area contributed by atoms with Crippen LogP contribution in [0.25, 0.3) is 5.57 Å². The standard InChI is InChI=1S/C27H28O5/c1-3-16-27(31-19-18-30-25(28)4-2)17-15-23(21-11-7-5-8-12-21)24(20-27)32-26(29)22-13-9-6-10-14-22/h4-15,17H,2-3,16,18-20H2,1H3. The summed E-state index contributed by atoms with van der Waals surface area (Å²) in [4.78, 5) is 24.1. The van der Waals surface area contributed by atoms with Crippen molar-refractivity contribution >= 4 is 17.5 Å². The van der Waals surface area contributed by atoms with Crippen LogP contribution in [-0.2, 0) is 19.0 Å². The Morgan fingerprint density at radius 1 is 1.03 bits per heavy atom. The van der Waals surface area contributed by atoms with Crippen LogP contribution < -0.4 is 0 Å². The third-order valence-corrected chi connectivity index (χ3v) is 5.18. The van der Waals surface area contributed by atoms with Crippen LogP contribution in [0.3, 0.4) is 0 Å². The minimum absolute atomic E-state index is 0.124. The van der Waals surface area contributed by atoms with Gasteiger partial charge in [0.1, 0.15) is 12.4 Å². The summed E-state index contributed by atoms with van der Waals surface area (Å²) in [6.07, 6.45) is 7.10. The van der Waals surface area contributed by atoms with Crippen LogP contribution in [0.5, 0.6) is 0 Å². The molecule has 0 radical (unpaired) electrons. The predicted molar refractivity (Wildman–Crippen MR) is 124 cm³/mol. The lowest BCUT2D eigenvalue weighted by Crippen LogP contribution is -2.35. The second-order valence-electron chi connectivity index (χ2n) is 7.50. The molecule has 1 aliphatic carbocycles. The fourth-order valence-electron chi connectivity index (χ4n) is 3.68. The van der Waals surface area contributed by atoms with Crippen LogP contribution in [-0.4, -0.2) is 30.8 Å². The van der Waals surface area contributed by atoms with Crippen LogP contribution in [0.1, 0.15) is 42.1 Å². The van der Waals surface area contributed by atoms with E-state index in [0.29, 0.717) is 17.7 Å². The van der Waals surface area contributed by atoms with E-state index in [1.54, 1.807) is 24.3 Å². The summed E-state index contributed by atoms with van der Waals surface area (Å²) in [7, 11) is 0. The van der Waals surface area contributed by atoms with E-state index in [-0.39, 0.29) is 13.2 Å². The average molecular weight is 433 g/mol. The normalized spacial score (nSPS) is 17.7. The molecule has 5 heteroatoms. The molecule has 0 aliphatic heterocycles. The zero-order chi connectivity index (χ0) is 22.8. The van der Waals surface area contributed by atoms with Gasteiger partial charge in [0.2, 0.25) is 0 Å². The summed E-state index contributed by atoms with van der Waals surface area (Å²) in [6.45, 7) is 5.81. The van der Waals surface area contributed by atoms with Crippen molar-refractivity contribution in [1.29, 1.82) is 0 Å². The zero-order valence-corrected chi connectivity index (χ0v) is 18.3. The third kappa shape index (κ3) is 6.05. The Labute approximate surface area is 189 Å². The lowest BCUT2D eigenvalue weighted by Gasteiger charge is -2.35. The molecule has 5 nitrogen and oxygen atoms in total. The lowest BCUT2D eigenvalue weighted by molar-refractivity contribution is -0.141. The fourth-order valence-corrected chi connectivity index (χ4v) is 3.68. The van der Waals surface area contributed by atoms with E-state index in [4.69, 9.17) is 14.2 Å². The predicted octanol–water partition coefficient (Wildman–Crippen LogP) is 5.50. The number of ether oxygens (including phenoxy) is 3. The van der Waals surface area contributed by atoms with Gasteiger partial charge in [-0.1, -0.05) is 80.6 Å². The first-order valence-corrected chi connectivity index (χ1v) is 10.7. The number of hydrogen-bond donors (Lipinski definition) is 0. The van der Waals surface area contributed by atoms with E-state index in [1.165, 1.54) is 0 Å². The lowest BCUT2D eigenvalue weighted by atomic mass is 9.84. The van der Waals surface area contributed by atoms with E-state index in [0.717, 1.165) is 30.1 Å². The Morgan fingerprint density at radius 2 is 1.72 bits per heavy atom. The summed E-state index contributed by atoms with van der Waals surface area (Å²) >= 11 is 0. The van der Waals surface area contributed by atoms with Crippen molar-refractivity contribution in [2.75, 3.05) is 13.2 Å². The molecule has 0 bridgehead atoms. The molecular formula is C27H28O5. The summed E-state index contributed by atoms with van der Waals surface area (Å²) in [6, 6.07) is 18.7. The van der Waals surface area contributed by atoms with Gasteiger partial charge >= 0.3 is 11.9 Å². The molecular weight excluding hydrogens is 404 g/mol. The molecule has 0 amide bonds. The Kier molecular flexibility index (Phi) is 8.17. The molecule has 1 aliphatic rings. The number of carbonyl (C=O) groups is 2. The van der Waals surface area contributed by atoms with Gasteiger partial charge in [-0.2, -0.15) is 0 Å². The minimum Gasteiger partial charge on any atom is -0.460 e. The van der Waals surface area contributed by atoms with Gasteiger partial charge in [0.05, 0.1) is 17.8 Å². The smallest absolute Gasteiger partial charge is 0.343 e. The molecule has 0 spiro atoms. The molecule has 0 aromatic heterocycles. The number of allylic oxidation sites excluding steroid dienone is 2. The number of hydrogen-bond acceptors (Lipinski definition) is 5. The fraction of sp³-hybridized carbons (Fsp3) is 0.259. The van der Waals surface area contributed by atoms with Crippen molar-refractivity contribution in [2.24, 2.45) is 0 Å². The number of rotatable bonds is 10. The van der Waals surface area contributed by atoms with Crippen molar-refractivity contribution in [3.63, 3.8) is 0 Å². The maximum atomic E-state index is 12.8. The van der Waals surface area contributed by atoms with Crippen molar-refractivity contribution in [2.45, 2.75) is 31.8 Å². The molecule has 2 aromatic rings. The molecule has 2 aromatic carbocycles. The van der Waals surface area contributed by atoms with Gasteiger partial charge in [0, 0.05) is 18.1 Å². The Bertz CT molecular complexity index is 991. The van der Waals surface area contributed by atoms with Crippen LogP contribution in [0.15, 0.2) is 91.2 Å². The third-order valence-electron chi connectivity index (χ3n) is 5.18. The number of benzene rings is 2. The Morgan fingerprint density at radius 3 is 2.38 bits per heavy atom. The Balaban J connectivity index is 1.85. The number of carbonyl (C=O) groups excluding carboxylic acids is 2. The van der Waals surface area contributed by atoms with E-state index in [2.05, 4.69) is 13.5 Å². The minimum atomic E-state index is -0.653. The SMILES string of the molecule is C=CC(=O)OCCOC1(CCC)C=CC(c2ccccc2)=C(OC(=O)c2ccccc2)C1. The second-order valence-corrected chi connectivity index (χ2v) is 7.50. The first-order chi connectivity index (χ1) is 15.6. The van der Waals surface area contributed by atoms with Crippen LogP contribution >= 0.6 is 0 Å². The summed E-state index contributed by atoms with van der Waals surface area (Å²) in [5, 5.41) is 0. The molecule has 0 fully saturated rings. The maximum Gasteiger partial charge on any atom is 0.343 e. The van der Waals surface area contributed by atoms with Crippen molar-refractivity contribution < 1.29 is 23.8 Å². The van der Waals surface area contributed by atoms with Gasteiger partial charge in [-0.05, 0) is 24.1 Å². The van der Waals surface area contributed by atoms with Gasteiger partial charge < -0.3 is 14.2 Å². The van der Waals surface area contributed by atoms with E-state index in [1.807, 2.05) is 48.6 Å². The van der Waals surface area contributed by atoms with Crippen molar-refractivity contribution in [3.8, 4) is 0 Å². The monoisotopic (exact) mass is 432 g/mol. The molecule has 0 N–H and O–H groups in total. The number of esters is 2. The summed E-state index contributed by atoms with van der Waals surface area (Å²) in [5.74, 6) is -0.334. The highest BCUT2D eigenvalue weighted by Gasteiger charge is 2.34. The van der Waals surface area contributed by atoms with E-state index in [9.17, 15) is 9.59 Å². The first kappa shape index (κ1) is 23.2. The maximum absolute atomic E-state index is 12.8. The van der Waals surface area contributed by atoms with Gasteiger partial charge in [-0.15, -0.1) is 0 Å². The summed E-state index contributed by atoms with van der Waals surface area (Å²) in [5.41, 5.74) is 1.65. The highest BCUT2D eigenvalue weighted by molar-refractivity contribution is 5.91. The van der Waals surface area contributed by atoms with Crippen molar-refractivity contribution in [3.05, 3.63) is 102 Å². The molecule has 1 unspecified atom stereocenters. The van der Waals surface area contributed by atoms with Crippen LogP contribution in [0, 0.1) is 0 Å². The first-order valence-electron chi connectivity index (χ1n) is 10.7. The molecule has 0 saturated heterocycles. The molecule has 0 heterocycles. The van der Waals surface area contributed by atoms with E-state index >= 15 is 0 Å². The van der Waals surface area contributed by atoms with E-state index < -0.39 is 17.5 Å². The molecule has 0 saturated carbocycles. The molecule has 3 rings (SSSR count). The van der Waals surface area contributed by atoms with Crippen molar-refractivity contribution in [1.82, 2.24) is 0 Å². The molecule has 166 valence electrons.